The van der Waals surface area contributed by atoms with Gasteiger partial charge in [-0.2, -0.15) is 0 Å². The Bertz CT molecular complexity index is 943. The van der Waals surface area contributed by atoms with Gasteiger partial charge in [0.05, 0.1) is 23.4 Å². The predicted molar refractivity (Wildman–Crippen MR) is 94.7 cm³/mol. The van der Waals surface area contributed by atoms with Gasteiger partial charge >= 0.3 is 5.69 Å². The van der Waals surface area contributed by atoms with Gasteiger partial charge in [0.2, 0.25) is 0 Å². The first kappa shape index (κ1) is 16.0. The van der Waals surface area contributed by atoms with Crippen molar-refractivity contribution in [1.29, 1.82) is 5.41 Å². The Kier molecular flexibility index (Phi) is 3.68. The van der Waals surface area contributed by atoms with Crippen molar-refractivity contribution < 1.29 is 14.6 Å². The summed E-state index contributed by atoms with van der Waals surface area (Å²) in [5, 5.41) is 18.0. The fourth-order valence-electron chi connectivity index (χ4n) is 3.94. The summed E-state index contributed by atoms with van der Waals surface area (Å²) < 4.78 is 13.5. The monoisotopic (exact) mass is 343 g/mol. The number of imidazole rings is 1. The molecule has 1 saturated heterocycles. The average molecular weight is 343 g/mol. The first-order valence-corrected chi connectivity index (χ1v) is 8.46. The van der Waals surface area contributed by atoms with E-state index in [4.69, 9.17) is 14.9 Å². The van der Waals surface area contributed by atoms with E-state index in [1.165, 1.54) is 0 Å². The van der Waals surface area contributed by atoms with E-state index in [0.717, 1.165) is 12.8 Å². The summed E-state index contributed by atoms with van der Waals surface area (Å²) >= 11 is 0. The zero-order valence-corrected chi connectivity index (χ0v) is 14.3. The molecule has 132 valence electrons. The molecule has 2 aliphatic rings. The number of aliphatic hydroxyl groups is 1. The van der Waals surface area contributed by atoms with Crippen molar-refractivity contribution in [3.8, 4) is 5.75 Å². The van der Waals surface area contributed by atoms with Crippen molar-refractivity contribution in [2.24, 2.45) is 0 Å². The van der Waals surface area contributed by atoms with Crippen LogP contribution in [0.2, 0.25) is 0 Å². The molecule has 25 heavy (non-hydrogen) atoms. The molecule has 0 aliphatic carbocycles. The Hall–Kier alpha value is -2.54. The number of allylic oxidation sites excluding steroid dienone is 2. The van der Waals surface area contributed by atoms with E-state index in [2.05, 4.69) is 4.98 Å². The molecular weight excluding hydrogens is 322 g/mol. The normalized spacial score (nSPS) is 23.4. The highest BCUT2D eigenvalue weighted by molar-refractivity contribution is 6.23. The molecular formula is C18H21N3O4. The van der Waals surface area contributed by atoms with Crippen molar-refractivity contribution in [1.82, 2.24) is 9.55 Å². The third kappa shape index (κ3) is 2.38. The summed E-state index contributed by atoms with van der Waals surface area (Å²) in [6, 6.07) is 3.40. The van der Waals surface area contributed by atoms with Crippen molar-refractivity contribution in [3.05, 3.63) is 33.9 Å². The van der Waals surface area contributed by atoms with Crippen LogP contribution in [0.3, 0.4) is 0 Å². The lowest BCUT2D eigenvalue weighted by atomic mass is 9.97. The molecule has 7 nitrogen and oxygen atoms in total. The molecule has 2 aromatic rings. The molecule has 1 aromatic heterocycles. The Labute approximate surface area is 144 Å². The number of nitrogens with one attached hydrogen (secondary N) is 2. The maximum Gasteiger partial charge on any atom is 0.327 e. The molecule has 2 aliphatic heterocycles. The second kappa shape index (κ2) is 5.77. The van der Waals surface area contributed by atoms with E-state index < -0.39 is 0 Å². The maximum absolute atomic E-state index is 12.6. The smallest absolute Gasteiger partial charge is 0.327 e. The number of benzene rings is 1. The van der Waals surface area contributed by atoms with Crippen molar-refractivity contribution in [3.63, 3.8) is 0 Å². The highest BCUT2D eigenvalue weighted by Gasteiger charge is 2.35. The molecule has 2 unspecified atom stereocenters. The number of aliphatic hydroxyl groups excluding tert-OH is 1. The van der Waals surface area contributed by atoms with E-state index in [1.807, 2.05) is 0 Å². The molecule has 3 N–H and O–H groups in total. The summed E-state index contributed by atoms with van der Waals surface area (Å²) in [6.07, 6.45) is 1.86. The lowest BCUT2D eigenvalue weighted by molar-refractivity contribution is 0.0427. The van der Waals surface area contributed by atoms with Crippen LogP contribution in [0.25, 0.3) is 16.6 Å². The zero-order valence-electron chi connectivity index (χ0n) is 14.3. The summed E-state index contributed by atoms with van der Waals surface area (Å²) in [5.41, 5.74) is 2.46. The van der Waals surface area contributed by atoms with Crippen LogP contribution in [0.5, 0.6) is 5.75 Å². The van der Waals surface area contributed by atoms with Gasteiger partial charge in [-0.1, -0.05) is 0 Å². The van der Waals surface area contributed by atoms with E-state index in [-0.39, 0.29) is 29.3 Å². The van der Waals surface area contributed by atoms with Crippen LogP contribution < -0.4 is 10.4 Å². The van der Waals surface area contributed by atoms with E-state index >= 15 is 0 Å². The van der Waals surface area contributed by atoms with Gasteiger partial charge in [0.25, 0.3) is 0 Å². The molecule has 3 heterocycles. The summed E-state index contributed by atoms with van der Waals surface area (Å²) in [7, 11) is 0. The van der Waals surface area contributed by atoms with Gasteiger partial charge in [0, 0.05) is 23.5 Å². The van der Waals surface area contributed by atoms with Crippen LogP contribution in [0.1, 0.15) is 38.3 Å². The van der Waals surface area contributed by atoms with E-state index in [9.17, 15) is 9.90 Å². The van der Waals surface area contributed by atoms with Crippen molar-refractivity contribution >= 4 is 22.3 Å². The summed E-state index contributed by atoms with van der Waals surface area (Å²) in [5.74, 6) is 0.581. The van der Waals surface area contributed by atoms with Crippen LogP contribution in [0, 0.1) is 5.41 Å². The standard InChI is InChI=1S/C18H21N3O4/c1-9(19)15(10(2)22)11-5-6-12-16-17(11)25-8-13(14-4-3-7-24-14)21(16)18(23)20-12/h5-6,13-14,19,22H,3-4,7-8H2,1-2H3,(H,20,23)/b15-10+,19-9?. The van der Waals surface area contributed by atoms with Crippen LogP contribution >= 0.6 is 0 Å². The largest absolute Gasteiger partial charge is 0.512 e. The van der Waals surface area contributed by atoms with Crippen molar-refractivity contribution in [2.45, 2.75) is 38.8 Å². The van der Waals surface area contributed by atoms with Gasteiger partial charge in [-0.05, 0) is 38.8 Å². The lowest BCUT2D eigenvalue weighted by Crippen LogP contribution is -2.37. The molecule has 2 atom stereocenters. The molecule has 7 heteroatoms. The van der Waals surface area contributed by atoms with E-state index in [0.29, 0.717) is 41.1 Å². The highest BCUT2D eigenvalue weighted by Crippen LogP contribution is 2.40. The maximum atomic E-state index is 12.6. The van der Waals surface area contributed by atoms with Gasteiger partial charge in [0.1, 0.15) is 12.1 Å². The number of H-pyrrole nitrogens is 1. The van der Waals surface area contributed by atoms with Gasteiger partial charge < -0.3 is 25.0 Å². The molecule has 1 aromatic carbocycles. The Balaban J connectivity index is 1.96. The van der Waals surface area contributed by atoms with Crippen LogP contribution in [0.15, 0.2) is 22.7 Å². The fourth-order valence-corrected chi connectivity index (χ4v) is 3.94. The lowest BCUT2D eigenvalue weighted by Gasteiger charge is -2.30. The van der Waals surface area contributed by atoms with Gasteiger partial charge in [-0.25, -0.2) is 4.79 Å². The topological polar surface area (TPSA) is 100 Å². The number of hydrogen-bond donors (Lipinski definition) is 3. The number of hydrogen-bond acceptors (Lipinski definition) is 5. The fraction of sp³-hybridized carbons (Fsp3) is 0.444. The van der Waals surface area contributed by atoms with Crippen molar-refractivity contribution in [2.75, 3.05) is 13.2 Å². The molecule has 0 bridgehead atoms. The second-order valence-corrected chi connectivity index (χ2v) is 6.65. The van der Waals surface area contributed by atoms with Gasteiger partial charge in [0.15, 0.2) is 5.75 Å². The predicted octanol–water partition coefficient (Wildman–Crippen LogP) is 2.77. The summed E-state index contributed by atoms with van der Waals surface area (Å²) in [4.78, 5) is 15.4. The van der Waals surface area contributed by atoms with Crippen LogP contribution in [-0.2, 0) is 4.74 Å². The number of aromatic amines is 1. The molecule has 0 spiro atoms. The average Bonchev–Trinajstić information content (AvgIpc) is 3.19. The quantitative estimate of drug-likeness (QED) is 0.589. The third-order valence-electron chi connectivity index (χ3n) is 4.96. The van der Waals surface area contributed by atoms with E-state index in [1.54, 1.807) is 30.5 Å². The Morgan fingerprint density at radius 2 is 2.20 bits per heavy atom. The van der Waals surface area contributed by atoms with Crippen LogP contribution in [-0.4, -0.2) is 39.7 Å². The molecule has 0 saturated carbocycles. The first-order chi connectivity index (χ1) is 12.0. The molecule has 4 rings (SSSR count). The highest BCUT2D eigenvalue weighted by atomic mass is 16.5. The number of ether oxygens (including phenoxy) is 2. The molecule has 0 amide bonds. The van der Waals surface area contributed by atoms with Gasteiger partial charge in [-0.15, -0.1) is 0 Å². The molecule has 1 fully saturated rings. The SMILES string of the molecule is CC(=N)/C(=C(/C)O)c1ccc2[nH]c(=O)n3c2c1OCC3C1CCCO1. The van der Waals surface area contributed by atoms with Crippen LogP contribution in [0.4, 0.5) is 0 Å². The first-order valence-electron chi connectivity index (χ1n) is 8.46. The zero-order chi connectivity index (χ0) is 17.7. The Morgan fingerprint density at radius 1 is 1.40 bits per heavy atom. The number of nitrogens with zero attached hydrogens (tertiary/aromatic N) is 1. The number of rotatable bonds is 3. The molecule has 0 radical (unpaired) electrons. The minimum absolute atomic E-state index is 0.0347. The summed E-state index contributed by atoms with van der Waals surface area (Å²) in [6.45, 7) is 4.21. The second-order valence-electron chi connectivity index (χ2n) is 6.65. The minimum Gasteiger partial charge on any atom is -0.512 e. The third-order valence-corrected chi connectivity index (χ3v) is 4.96. The number of aromatic nitrogens is 2. The Morgan fingerprint density at radius 3 is 2.84 bits per heavy atom. The van der Waals surface area contributed by atoms with Gasteiger partial charge in [-0.3, -0.25) is 4.57 Å². The minimum atomic E-state index is -0.185.